The molecule has 0 unspecified atom stereocenters. The van der Waals surface area contributed by atoms with Crippen LogP contribution in [0, 0.1) is 5.92 Å². The molecule has 0 heterocycles. The topological polar surface area (TPSA) is 104 Å². The van der Waals surface area contributed by atoms with Gasteiger partial charge in [-0.1, -0.05) is 6.92 Å². The third kappa shape index (κ3) is 6.74. The van der Waals surface area contributed by atoms with E-state index in [2.05, 4.69) is 11.6 Å². The van der Waals surface area contributed by atoms with Gasteiger partial charge in [-0.05, 0) is 38.5 Å². The summed E-state index contributed by atoms with van der Waals surface area (Å²) in [6.07, 6.45) is 3.38. The first kappa shape index (κ1) is 18.9. The molecule has 0 aromatic heterocycles. The van der Waals surface area contributed by atoms with Crippen LogP contribution < -0.4 is 4.72 Å². The van der Waals surface area contributed by atoms with E-state index in [0.29, 0.717) is 12.5 Å². The molecule has 1 aliphatic carbocycles. The summed E-state index contributed by atoms with van der Waals surface area (Å²) in [6.45, 7) is 4.17. The Balaban J connectivity index is 2.51. The fourth-order valence-corrected chi connectivity index (χ4v) is 3.95. The van der Waals surface area contributed by atoms with Crippen LogP contribution in [-0.2, 0) is 19.6 Å². The molecule has 1 fully saturated rings. The second-order valence-electron chi connectivity index (χ2n) is 5.95. The number of aliphatic carboxylic acids is 1. The van der Waals surface area contributed by atoms with Crippen molar-refractivity contribution in [1.82, 2.24) is 9.62 Å². The lowest BCUT2D eigenvalue weighted by Gasteiger charge is -2.27. The molecular formula is C14H26N2O5S. The number of amides is 1. The standard InChI is InChI=1S/C14H26N2O5S/c1-3-16(9-8-14(18)19)13(17)10-22(20,21)15-12-6-4-11(2)5-7-12/h11-12,15H,3-10H2,1-2H3,(H,18,19). The van der Waals surface area contributed by atoms with Crippen LogP contribution >= 0.6 is 0 Å². The second-order valence-corrected chi connectivity index (χ2v) is 7.70. The molecule has 0 aliphatic heterocycles. The van der Waals surface area contributed by atoms with E-state index in [1.54, 1.807) is 6.92 Å². The fraction of sp³-hybridized carbons (Fsp3) is 0.857. The quantitative estimate of drug-likeness (QED) is 0.683. The average Bonchev–Trinajstić information content (AvgIpc) is 2.41. The number of hydrogen-bond acceptors (Lipinski definition) is 4. The summed E-state index contributed by atoms with van der Waals surface area (Å²) in [5.74, 6) is -1.56. The van der Waals surface area contributed by atoms with Gasteiger partial charge >= 0.3 is 5.97 Å². The van der Waals surface area contributed by atoms with Crippen molar-refractivity contribution in [1.29, 1.82) is 0 Å². The van der Waals surface area contributed by atoms with E-state index >= 15 is 0 Å². The fourth-order valence-electron chi connectivity index (χ4n) is 2.62. The zero-order chi connectivity index (χ0) is 16.8. The molecule has 7 nitrogen and oxygen atoms in total. The average molecular weight is 334 g/mol. The van der Waals surface area contributed by atoms with E-state index in [1.807, 2.05) is 0 Å². The minimum absolute atomic E-state index is 0.0289. The minimum atomic E-state index is -3.68. The SMILES string of the molecule is CCN(CCC(=O)O)C(=O)CS(=O)(=O)NC1CCC(C)CC1. The van der Waals surface area contributed by atoms with Gasteiger partial charge in [-0.15, -0.1) is 0 Å². The summed E-state index contributed by atoms with van der Waals surface area (Å²) in [6, 6.07) is -0.0944. The smallest absolute Gasteiger partial charge is 0.305 e. The van der Waals surface area contributed by atoms with E-state index in [9.17, 15) is 18.0 Å². The maximum Gasteiger partial charge on any atom is 0.305 e. The number of rotatable bonds is 8. The summed E-state index contributed by atoms with van der Waals surface area (Å²) in [4.78, 5) is 23.8. The van der Waals surface area contributed by atoms with Crippen molar-refractivity contribution in [2.75, 3.05) is 18.8 Å². The van der Waals surface area contributed by atoms with Gasteiger partial charge in [0.2, 0.25) is 15.9 Å². The van der Waals surface area contributed by atoms with Crippen LogP contribution in [0.25, 0.3) is 0 Å². The monoisotopic (exact) mass is 334 g/mol. The van der Waals surface area contributed by atoms with Crippen molar-refractivity contribution < 1.29 is 23.1 Å². The zero-order valence-electron chi connectivity index (χ0n) is 13.2. The molecule has 0 atom stereocenters. The van der Waals surface area contributed by atoms with Crippen molar-refractivity contribution in [3.8, 4) is 0 Å². The first-order valence-corrected chi connectivity index (χ1v) is 9.38. The lowest BCUT2D eigenvalue weighted by molar-refractivity contribution is -0.138. The summed E-state index contributed by atoms with van der Waals surface area (Å²) < 4.78 is 26.7. The molecule has 8 heteroatoms. The minimum Gasteiger partial charge on any atom is -0.481 e. The molecule has 0 radical (unpaired) electrons. The summed E-state index contributed by atoms with van der Waals surface area (Å²) >= 11 is 0. The van der Waals surface area contributed by atoms with Crippen LogP contribution in [0.1, 0.15) is 46.0 Å². The number of nitrogens with one attached hydrogen (secondary N) is 1. The number of carboxylic acids is 1. The number of sulfonamides is 1. The van der Waals surface area contributed by atoms with E-state index in [4.69, 9.17) is 5.11 Å². The Morgan fingerprint density at radius 3 is 2.32 bits per heavy atom. The highest BCUT2D eigenvalue weighted by Gasteiger charge is 2.26. The molecule has 0 aromatic carbocycles. The van der Waals surface area contributed by atoms with Crippen LogP contribution in [0.5, 0.6) is 0 Å². The Labute approximate surface area is 132 Å². The summed E-state index contributed by atoms with van der Waals surface area (Å²) in [5.41, 5.74) is 0. The number of carbonyl (C=O) groups is 2. The van der Waals surface area contributed by atoms with Gasteiger partial charge in [0, 0.05) is 19.1 Å². The van der Waals surface area contributed by atoms with Crippen molar-refractivity contribution in [3.63, 3.8) is 0 Å². The third-order valence-electron chi connectivity index (χ3n) is 4.01. The molecule has 22 heavy (non-hydrogen) atoms. The van der Waals surface area contributed by atoms with Gasteiger partial charge in [0.15, 0.2) is 0 Å². The molecule has 2 N–H and O–H groups in total. The van der Waals surface area contributed by atoms with E-state index in [1.165, 1.54) is 4.90 Å². The molecular weight excluding hydrogens is 308 g/mol. The lowest BCUT2D eigenvalue weighted by Crippen LogP contribution is -2.44. The van der Waals surface area contributed by atoms with Crippen molar-refractivity contribution in [2.24, 2.45) is 5.92 Å². The first-order valence-electron chi connectivity index (χ1n) is 7.73. The first-order chi connectivity index (χ1) is 10.2. The predicted molar refractivity (Wildman–Crippen MR) is 82.8 cm³/mol. The Kier molecular flexibility index (Phi) is 7.28. The summed E-state index contributed by atoms with van der Waals surface area (Å²) in [5, 5.41) is 8.64. The number of carboxylic acid groups (broad SMARTS) is 1. The maximum absolute atomic E-state index is 12.1. The highest BCUT2D eigenvalue weighted by molar-refractivity contribution is 7.90. The highest BCUT2D eigenvalue weighted by atomic mass is 32.2. The van der Waals surface area contributed by atoms with Gasteiger partial charge in [-0.2, -0.15) is 0 Å². The van der Waals surface area contributed by atoms with Crippen molar-refractivity contribution >= 4 is 21.9 Å². The van der Waals surface area contributed by atoms with Gasteiger partial charge in [-0.25, -0.2) is 13.1 Å². The predicted octanol–water partition coefficient (Wildman–Crippen LogP) is 0.808. The van der Waals surface area contributed by atoms with Crippen LogP contribution in [-0.4, -0.2) is 55.2 Å². The Morgan fingerprint density at radius 2 is 1.82 bits per heavy atom. The molecule has 1 aliphatic rings. The zero-order valence-corrected chi connectivity index (χ0v) is 14.1. The Bertz CT molecular complexity index is 483. The molecule has 1 rings (SSSR count). The molecule has 0 bridgehead atoms. The van der Waals surface area contributed by atoms with Gasteiger partial charge in [-0.3, -0.25) is 9.59 Å². The molecule has 128 valence electrons. The Morgan fingerprint density at radius 1 is 1.23 bits per heavy atom. The van der Waals surface area contributed by atoms with Crippen LogP contribution in [0.15, 0.2) is 0 Å². The van der Waals surface area contributed by atoms with Crippen LogP contribution in [0.2, 0.25) is 0 Å². The van der Waals surface area contributed by atoms with Crippen molar-refractivity contribution in [3.05, 3.63) is 0 Å². The number of nitrogens with zero attached hydrogens (tertiary/aromatic N) is 1. The van der Waals surface area contributed by atoms with E-state index in [0.717, 1.165) is 25.7 Å². The maximum atomic E-state index is 12.1. The highest BCUT2D eigenvalue weighted by Crippen LogP contribution is 2.23. The lowest BCUT2D eigenvalue weighted by atomic mass is 9.88. The van der Waals surface area contributed by atoms with E-state index in [-0.39, 0.29) is 19.0 Å². The molecule has 0 aromatic rings. The molecule has 1 amide bonds. The molecule has 1 saturated carbocycles. The molecule has 0 saturated heterocycles. The van der Waals surface area contributed by atoms with Gasteiger partial charge in [0.1, 0.15) is 5.75 Å². The van der Waals surface area contributed by atoms with Crippen LogP contribution in [0.3, 0.4) is 0 Å². The second kappa shape index (κ2) is 8.47. The number of hydrogen-bond donors (Lipinski definition) is 2. The van der Waals surface area contributed by atoms with Crippen molar-refractivity contribution in [2.45, 2.75) is 52.0 Å². The van der Waals surface area contributed by atoms with E-state index < -0.39 is 27.7 Å². The molecule has 0 spiro atoms. The van der Waals surface area contributed by atoms with Gasteiger partial charge < -0.3 is 10.0 Å². The normalized spacial score (nSPS) is 22.3. The van der Waals surface area contributed by atoms with Gasteiger partial charge in [0.05, 0.1) is 6.42 Å². The Hall–Kier alpha value is -1.15. The van der Waals surface area contributed by atoms with Gasteiger partial charge in [0.25, 0.3) is 0 Å². The summed E-state index contributed by atoms with van der Waals surface area (Å²) in [7, 11) is -3.68. The van der Waals surface area contributed by atoms with Crippen LogP contribution in [0.4, 0.5) is 0 Å². The third-order valence-corrected chi connectivity index (χ3v) is 5.33. The largest absolute Gasteiger partial charge is 0.481 e. The number of carbonyl (C=O) groups excluding carboxylic acids is 1.